The second-order valence-electron chi connectivity index (χ2n) is 3.50. The molecule has 0 spiro atoms. The molecule has 0 bridgehead atoms. The number of aliphatic hydroxyl groups excluding tert-OH is 2. The van der Waals surface area contributed by atoms with Crippen LogP contribution in [-0.2, 0) is 4.74 Å². The van der Waals surface area contributed by atoms with Crippen molar-refractivity contribution in [2.24, 2.45) is 0 Å². The fraction of sp³-hybridized carbons (Fsp3) is 0.875. The van der Waals surface area contributed by atoms with Crippen molar-refractivity contribution in [3.63, 3.8) is 0 Å². The van der Waals surface area contributed by atoms with Gasteiger partial charge in [-0.3, -0.25) is 0 Å². The Kier molecular flexibility index (Phi) is 7.45. The van der Waals surface area contributed by atoms with Gasteiger partial charge in [-0.2, -0.15) is 0 Å². The number of amides is 1. The summed E-state index contributed by atoms with van der Waals surface area (Å²) in [7, 11) is -0.649. The standard InChI is InChI=1S/C8H19NO4Si/c1-14(2)4-3-9-8(12)13-7(5-10)6-11/h7,10-11,14H,3-6H2,1-2H3,(H,9,12). The van der Waals surface area contributed by atoms with Crippen LogP contribution in [0.4, 0.5) is 4.79 Å². The third-order valence-corrected chi connectivity index (χ3v) is 3.12. The van der Waals surface area contributed by atoms with Gasteiger partial charge in [-0.15, -0.1) is 0 Å². The van der Waals surface area contributed by atoms with Crippen LogP contribution in [0.25, 0.3) is 0 Å². The van der Waals surface area contributed by atoms with Crippen LogP contribution < -0.4 is 5.32 Å². The molecule has 3 N–H and O–H groups in total. The monoisotopic (exact) mass is 221 g/mol. The molecule has 0 rings (SSSR count). The van der Waals surface area contributed by atoms with Gasteiger partial charge in [0, 0.05) is 15.3 Å². The smallest absolute Gasteiger partial charge is 0.407 e. The first kappa shape index (κ1) is 13.4. The Bertz CT molecular complexity index is 161. The van der Waals surface area contributed by atoms with Crippen molar-refractivity contribution >= 4 is 14.9 Å². The number of ether oxygens (including phenoxy) is 1. The highest BCUT2D eigenvalue weighted by Gasteiger charge is 2.11. The van der Waals surface area contributed by atoms with E-state index < -0.39 is 21.0 Å². The summed E-state index contributed by atoms with van der Waals surface area (Å²) in [5.74, 6) is 0. The van der Waals surface area contributed by atoms with Crippen LogP contribution in [0.1, 0.15) is 0 Å². The molecule has 0 fully saturated rings. The maximum absolute atomic E-state index is 11.0. The number of hydrogen-bond acceptors (Lipinski definition) is 4. The van der Waals surface area contributed by atoms with E-state index in [9.17, 15) is 4.79 Å². The van der Waals surface area contributed by atoms with Crippen molar-refractivity contribution in [3.8, 4) is 0 Å². The molecular formula is C8H19NO4Si. The van der Waals surface area contributed by atoms with Gasteiger partial charge in [0.25, 0.3) is 0 Å². The lowest BCUT2D eigenvalue weighted by atomic mass is 10.4. The normalized spacial score (nSPS) is 10.7. The predicted octanol–water partition coefficient (Wildman–Crippen LogP) is -0.447. The summed E-state index contributed by atoms with van der Waals surface area (Å²) in [4.78, 5) is 11.0. The molecular weight excluding hydrogens is 202 g/mol. The SMILES string of the molecule is C[SiH](C)CCNC(=O)OC(CO)CO. The second kappa shape index (κ2) is 7.78. The molecule has 0 aliphatic rings. The minimum absolute atomic E-state index is 0.358. The van der Waals surface area contributed by atoms with E-state index in [1.54, 1.807) is 0 Å². The topological polar surface area (TPSA) is 78.8 Å². The molecule has 84 valence electrons. The number of alkyl carbamates (subject to hydrolysis) is 1. The van der Waals surface area contributed by atoms with E-state index in [0.29, 0.717) is 6.54 Å². The van der Waals surface area contributed by atoms with Crippen molar-refractivity contribution in [2.75, 3.05) is 19.8 Å². The molecule has 0 atom stereocenters. The van der Waals surface area contributed by atoms with E-state index in [-0.39, 0.29) is 13.2 Å². The average Bonchev–Trinajstić information content (AvgIpc) is 2.13. The summed E-state index contributed by atoms with van der Waals surface area (Å²) in [5, 5.41) is 19.8. The van der Waals surface area contributed by atoms with Crippen LogP contribution in [0.5, 0.6) is 0 Å². The highest BCUT2D eigenvalue weighted by Crippen LogP contribution is 1.92. The number of nitrogens with one attached hydrogen (secondary N) is 1. The van der Waals surface area contributed by atoms with Gasteiger partial charge in [0.05, 0.1) is 13.2 Å². The lowest BCUT2D eigenvalue weighted by Crippen LogP contribution is -2.33. The number of carbonyl (C=O) groups is 1. The molecule has 0 saturated carbocycles. The zero-order valence-corrected chi connectivity index (χ0v) is 9.85. The lowest BCUT2D eigenvalue weighted by molar-refractivity contribution is 0.0225. The molecule has 6 heteroatoms. The number of carbonyl (C=O) groups excluding carboxylic acids is 1. The van der Waals surface area contributed by atoms with Crippen LogP contribution >= 0.6 is 0 Å². The Hall–Kier alpha value is -0.593. The van der Waals surface area contributed by atoms with Crippen molar-refractivity contribution in [1.82, 2.24) is 5.32 Å². The van der Waals surface area contributed by atoms with E-state index in [2.05, 4.69) is 18.4 Å². The van der Waals surface area contributed by atoms with E-state index in [1.807, 2.05) is 0 Å². The highest BCUT2D eigenvalue weighted by atomic mass is 28.3. The van der Waals surface area contributed by atoms with Crippen molar-refractivity contribution in [1.29, 1.82) is 0 Å². The molecule has 14 heavy (non-hydrogen) atoms. The van der Waals surface area contributed by atoms with Gasteiger partial charge >= 0.3 is 6.09 Å². The maximum atomic E-state index is 11.0. The quantitative estimate of drug-likeness (QED) is 0.531. The molecule has 0 aromatic carbocycles. The number of hydrogen-bond donors (Lipinski definition) is 3. The maximum Gasteiger partial charge on any atom is 0.407 e. The Morgan fingerprint density at radius 1 is 1.43 bits per heavy atom. The van der Waals surface area contributed by atoms with E-state index in [1.165, 1.54) is 0 Å². The van der Waals surface area contributed by atoms with Crippen molar-refractivity contribution < 1.29 is 19.7 Å². The van der Waals surface area contributed by atoms with Crippen molar-refractivity contribution in [3.05, 3.63) is 0 Å². The van der Waals surface area contributed by atoms with Gasteiger partial charge in [0.2, 0.25) is 0 Å². The zero-order chi connectivity index (χ0) is 11.0. The average molecular weight is 221 g/mol. The van der Waals surface area contributed by atoms with Crippen molar-refractivity contribution in [2.45, 2.75) is 25.2 Å². The summed E-state index contributed by atoms with van der Waals surface area (Å²) >= 11 is 0. The summed E-state index contributed by atoms with van der Waals surface area (Å²) in [5.41, 5.74) is 0. The Labute approximate surface area is 85.7 Å². The Morgan fingerprint density at radius 3 is 2.43 bits per heavy atom. The summed E-state index contributed by atoms with van der Waals surface area (Å²) in [6.07, 6.45) is -1.39. The molecule has 0 aromatic rings. The third-order valence-electron chi connectivity index (χ3n) is 1.67. The van der Waals surface area contributed by atoms with E-state index in [0.717, 1.165) is 6.04 Å². The van der Waals surface area contributed by atoms with Gasteiger partial charge in [0.1, 0.15) is 6.10 Å². The van der Waals surface area contributed by atoms with E-state index in [4.69, 9.17) is 14.9 Å². The second-order valence-corrected chi connectivity index (χ2v) is 6.87. The van der Waals surface area contributed by atoms with Crippen LogP contribution in [0.2, 0.25) is 19.1 Å². The Balaban J connectivity index is 3.54. The fourth-order valence-corrected chi connectivity index (χ4v) is 1.51. The van der Waals surface area contributed by atoms with Gasteiger partial charge < -0.3 is 20.3 Å². The minimum atomic E-state index is -0.814. The molecule has 0 aliphatic carbocycles. The first-order valence-corrected chi connectivity index (χ1v) is 7.89. The van der Waals surface area contributed by atoms with Crippen LogP contribution in [-0.4, -0.2) is 51.0 Å². The third kappa shape index (κ3) is 6.87. The Morgan fingerprint density at radius 2 is 2.00 bits per heavy atom. The molecule has 0 aliphatic heterocycles. The summed E-state index contributed by atoms with van der Waals surface area (Å²) < 4.78 is 4.70. The number of aliphatic hydroxyl groups is 2. The minimum Gasteiger partial charge on any atom is -0.441 e. The highest BCUT2D eigenvalue weighted by molar-refractivity contribution is 6.55. The summed E-state index contributed by atoms with van der Waals surface area (Å²) in [6.45, 7) is 4.27. The van der Waals surface area contributed by atoms with Crippen LogP contribution in [0, 0.1) is 0 Å². The largest absolute Gasteiger partial charge is 0.441 e. The number of rotatable bonds is 6. The van der Waals surface area contributed by atoms with E-state index >= 15 is 0 Å². The summed E-state index contributed by atoms with van der Waals surface area (Å²) in [6, 6.07) is 1.01. The van der Waals surface area contributed by atoms with Gasteiger partial charge in [-0.1, -0.05) is 13.1 Å². The first-order chi connectivity index (χ1) is 6.60. The van der Waals surface area contributed by atoms with Gasteiger partial charge in [0.15, 0.2) is 0 Å². The molecule has 0 saturated heterocycles. The molecule has 0 aromatic heterocycles. The van der Waals surface area contributed by atoms with Crippen LogP contribution in [0.15, 0.2) is 0 Å². The molecule has 0 unspecified atom stereocenters. The lowest BCUT2D eigenvalue weighted by Gasteiger charge is -2.13. The van der Waals surface area contributed by atoms with Gasteiger partial charge in [-0.25, -0.2) is 4.79 Å². The first-order valence-electron chi connectivity index (χ1n) is 4.76. The van der Waals surface area contributed by atoms with Crippen LogP contribution in [0.3, 0.4) is 0 Å². The molecule has 0 radical (unpaired) electrons. The zero-order valence-electron chi connectivity index (χ0n) is 8.69. The molecule has 0 heterocycles. The molecule has 1 amide bonds. The molecule has 5 nitrogen and oxygen atoms in total. The van der Waals surface area contributed by atoms with Gasteiger partial charge in [-0.05, 0) is 6.04 Å². The predicted molar refractivity (Wildman–Crippen MR) is 56.1 cm³/mol. The fourth-order valence-electron chi connectivity index (χ4n) is 0.788.